The lowest BCUT2D eigenvalue weighted by Crippen LogP contribution is -2.19. The first kappa shape index (κ1) is 21.7. The molecule has 0 bridgehead atoms. The number of benzene rings is 3. The standard InChI is InChI=1S/C24H23N7O2/c32-22(12-7-17-31-29-23(28-30-31)18-8-3-1-4-9-18)25-20-13-15-21(16-14-20)27-24(33)26-19-10-5-2-6-11-19/h1-6,8-11,13-16H,7,12,17H2,(H,25,32)(H2,26,27,33). The van der Waals surface area contributed by atoms with E-state index in [2.05, 4.69) is 31.4 Å². The number of anilines is 3. The maximum atomic E-state index is 12.2. The van der Waals surface area contributed by atoms with Crippen LogP contribution < -0.4 is 16.0 Å². The highest BCUT2D eigenvalue weighted by Gasteiger charge is 2.08. The number of nitrogens with one attached hydrogen (secondary N) is 3. The molecule has 0 aliphatic carbocycles. The topological polar surface area (TPSA) is 114 Å². The number of hydrogen-bond acceptors (Lipinski definition) is 5. The Labute approximate surface area is 190 Å². The lowest BCUT2D eigenvalue weighted by atomic mass is 10.2. The van der Waals surface area contributed by atoms with E-state index in [4.69, 9.17) is 0 Å². The van der Waals surface area contributed by atoms with Crippen molar-refractivity contribution in [3.05, 3.63) is 84.9 Å². The van der Waals surface area contributed by atoms with Gasteiger partial charge in [-0.2, -0.15) is 4.80 Å². The maximum Gasteiger partial charge on any atom is 0.323 e. The van der Waals surface area contributed by atoms with Gasteiger partial charge in [0, 0.05) is 29.0 Å². The van der Waals surface area contributed by atoms with E-state index < -0.39 is 0 Å². The summed E-state index contributed by atoms with van der Waals surface area (Å²) in [5.41, 5.74) is 2.88. The van der Waals surface area contributed by atoms with Crippen molar-refractivity contribution < 1.29 is 9.59 Å². The third kappa shape index (κ3) is 6.47. The van der Waals surface area contributed by atoms with Gasteiger partial charge in [0.1, 0.15) is 0 Å². The van der Waals surface area contributed by atoms with Crippen LogP contribution in [0.15, 0.2) is 84.9 Å². The minimum Gasteiger partial charge on any atom is -0.326 e. The predicted octanol–water partition coefficient (Wildman–Crippen LogP) is 4.40. The minimum atomic E-state index is -0.338. The second-order valence-corrected chi connectivity index (χ2v) is 7.25. The molecular weight excluding hydrogens is 418 g/mol. The summed E-state index contributed by atoms with van der Waals surface area (Å²) in [4.78, 5) is 25.8. The molecule has 0 saturated carbocycles. The second kappa shape index (κ2) is 10.7. The van der Waals surface area contributed by atoms with E-state index in [1.54, 1.807) is 36.4 Å². The fourth-order valence-corrected chi connectivity index (χ4v) is 3.10. The summed E-state index contributed by atoms with van der Waals surface area (Å²) >= 11 is 0. The molecule has 0 radical (unpaired) electrons. The highest BCUT2D eigenvalue weighted by molar-refractivity contribution is 6.00. The van der Waals surface area contributed by atoms with Crippen LogP contribution >= 0.6 is 0 Å². The van der Waals surface area contributed by atoms with Crippen LogP contribution in [-0.2, 0) is 11.3 Å². The highest BCUT2D eigenvalue weighted by Crippen LogP contribution is 2.15. The van der Waals surface area contributed by atoms with Crippen LogP contribution in [0.5, 0.6) is 0 Å². The quantitative estimate of drug-likeness (QED) is 0.375. The van der Waals surface area contributed by atoms with Gasteiger partial charge in [-0.05, 0) is 48.0 Å². The van der Waals surface area contributed by atoms with E-state index in [9.17, 15) is 9.59 Å². The van der Waals surface area contributed by atoms with E-state index in [1.165, 1.54) is 4.80 Å². The molecule has 0 saturated heterocycles. The van der Waals surface area contributed by atoms with Gasteiger partial charge in [0.05, 0.1) is 6.54 Å². The number of tetrazole rings is 1. The molecule has 166 valence electrons. The van der Waals surface area contributed by atoms with Crippen molar-refractivity contribution in [3.8, 4) is 11.4 Å². The summed E-state index contributed by atoms with van der Waals surface area (Å²) in [6, 6.07) is 25.4. The lowest BCUT2D eigenvalue weighted by Gasteiger charge is -2.09. The van der Waals surface area contributed by atoms with E-state index in [0.717, 1.165) is 5.56 Å². The van der Waals surface area contributed by atoms with Crippen LogP contribution in [0.1, 0.15) is 12.8 Å². The Morgan fingerprint density at radius 3 is 1.97 bits per heavy atom. The van der Waals surface area contributed by atoms with Gasteiger partial charge in [-0.15, -0.1) is 10.2 Å². The summed E-state index contributed by atoms with van der Waals surface area (Å²) in [6.07, 6.45) is 0.900. The molecule has 0 fully saturated rings. The van der Waals surface area contributed by atoms with E-state index in [1.807, 2.05) is 48.5 Å². The Hall–Kier alpha value is -4.53. The lowest BCUT2D eigenvalue weighted by molar-refractivity contribution is -0.116. The molecule has 0 unspecified atom stereocenters. The number of aromatic nitrogens is 4. The van der Waals surface area contributed by atoms with Gasteiger partial charge in [0.15, 0.2) is 0 Å². The van der Waals surface area contributed by atoms with Crippen molar-refractivity contribution >= 4 is 29.0 Å². The normalized spacial score (nSPS) is 10.4. The van der Waals surface area contributed by atoms with Gasteiger partial charge in [0.25, 0.3) is 0 Å². The van der Waals surface area contributed by atoms with Crippen molar-refractivity contribution in [2.45, 2.75) is 19.4 Å². The molecule has 0 aliphatic rings. The molecule has 3 N–H and O–H groups in total. The average molecular weight is 441 g/mol. The molecule has 1 heterocycles. The van der Waals surface area contributed by atoms with Crippen LogP contribution in [0.2, 0.25) is 0 Å². The zero-order chi connectivity index (χ0) is 22.9. The number of amides is 3. The van der Waals surface area contributed by atoms with Crippen LogP contribution in [0.3, 0.4) is 0 Å². The fourth-order valence-electron chi connectivity index (χ4n) is 3.10. The number of carbonyl (C=O) groups excluding carboxylic acids is 2. The predicted molar refractivity (Wildman–Crippen MR) is 127 cm³/mol. The van der Waals surface area contributed by atoms with Gasteiger partial charge in [-0.1, -0.05) is 48.5 Å². The van der Waals surface area contributed by atoms with Crippen LogP contribution in [0.4, 0.5) is 21.9 Å². The summed E-state index contributed by atoms with van der Waals surface area (Å²) in [5, 5.41) is 20.8. The molecule has 0 aliphatic heterocycles. The maximum absolute atomic E-state index is 12.2. The number of aryl methyl sites for hydroxylation is 1. The first-order valence-electron chi connectivity index (χ1n) is 10.5. The smallest absolute Gasteiger partial charge is 0.323 e. The molecule has 3 amide bonds. The SMILES string of the molecule is O=C(CCCn1nnc(-c2ccccc2)n1)Nc1ccc(NC(=O)Nc2ccccc2)cc1. The highest BCUT2D eigenvalue weighted by atomic mass is 16.2. The molecule has 9 heteroatoms. The van der Waals surface area contributed by atoms with Gasteiger partial charge in [-0.25, -0.2) is 4.79 Å². The Morgan fingerprint density at radius 1 is 0.727 bits per heavy atom. The number of hydrogen-bond donors (Lipinski definition) is 3. The average Bonchev–Trinajstić information content (AvgIpc) is 3.30. The van der Waals surface area contributed by atoms with Crippen molar-refractivity contribution in [3.63, 3.8) is 0 Å². The summed E-state index contributed by atoms with van der Waals surface area (Å²) in [7, 11) is 0. The van der Waals surface area contributed by atoms with Crippen molar-refractivity contribution in [1.29, 1.82) is 0 Å². The van der Waals surface area contributed by atoms with Crippen LogP contribution in [0.25, 0.3) is 11.4 Å². The monoisotopic (exact) mass is 441 g/mol. The molecule has 3 aromatic carbocycles. The van der Waals surface area contributed by atoms with Gasteiger partial charge < -0.3 is 16.0 Å². The molecule has 1 aromatic heterocycles. The number of carbonyl (C=O) groups is 2. The third-order valence-corrected chi connectivity index (χ3v) is 4.70. The molecular formula is C24H23N7O2. The van der Waals surface area contributed by atoms with Crippen molar-refractivity contribution in [1.82, 2.24) is 20.2 Å². The first-order chi connectivity index (χ1) is 16.2. The molecule has 0 spiro atoms. The zero-order valence-electron chi connectivity index (χ0n) is 17.8. The molecule has 0 atom stereocenters. The van der Waals surface area contributed by atoms with Gasteiger partial charge in [-0.3, -0.25) is 4.79 Å². The summed E-state index contributed by atoms with van der Waals surface area (Å²) < 4.78 is 0. The van der Waals surface area contributed by atoms with Crippen molar-refractivity contribution in [2.24, 2.45) is 0 Å². The Balaban J connectivity index is 1.20. The second-order valence-electron chi connectivity index (χ2n) is 7.25. The number of urea groups is 1. The largest absolute Gasteiger partial charge is 0.326 e. The number of rotatable bonds is 8. The molecule has 4 rings (SSSR count). The number of para-hydroxylation sites is 1. The van der Waals surface area contributed by atoms with Crippen LogP contribution in [-0.4, -0.2) is 32.1 Å². The Kier molecular flexibility index (Phi) is 7.01. The van der Waals surface area contributed by atoms with Crippen LogP contribution in [0, 0.1) is 0 Å². The first-order valence-corrected chi connectivity index (χ1v) is 10.5. The van der Waals surface area contributed by atoms with Crippen molar-refractivity contribution in [2.75, 3.05) is 16.0 Å². The van der Waals surface area contributed by atoms with E-state index in [0.29, 0.717) is 42.3 Å². The molecule has 4 aromatic rings. The van der Waals surface area contributed by atoms with Gasteiger partial charge in [0.2, 0.25) is 11.7 Å². The minimum absolute atomic E-state index is 0.110. The summed E-state index contributed by atoms with van der Waals surface area (Å²) in [6.45, 7) is 0.493. The van der Waals surface area contributed by atoms with E-state index >= 15 is 0 Å². The zero-order valence-corrected chi connectivity index (χ0v) is 17.8. The Morgan fingerprint density at radius 2 is 1.30 bits per heavy atom. The molecule has 9 nitrogen and oxygen atoms in total. The fraction of sp³-hybridized carbons (Fsp3) is 0.125. The Bertz CT molecular complexity index is 1190. The third-order valence-electron chi connectivity index (χ3n) is 4.70. The van der Waals surface area contributed by atoms with Gasteiger partial charge >= 0.3 is 6.03 Å². The summed E-state index contributed by atoms with van der Waals surface area (Å²) in [5.74, 6) is 0.451. The van der Waals surface area contributed by atoms with E-state index in [-0.39, 0.29) is 11.9 Å². The molecule has 33 heavy (non-hydrogen) atoms. The number of nitrogens with zero attached hydrogens (tertiary/aromatic N) is 4.